The minimum atomic E-state index is -0.674. The largest absolute Gasteiger partial charge is 0.467 e. The van der Waals surface area contributed by atoms with Crippen LogP contribution in [0.5, 0.6) is 0 Å². The van der Waals surface area contributed by atoms with E-state index in [1.165, 1.54) is 7.11 Å². The Morgan fingerprint density at radius 3 is 2.23 bits per heavy atom. The molecule has 0 radical (unpaired) electrons. The van der Waals surface area contributed by atoms with Crippen molar-refractivity contribution < 1.29 is 24.0 Å². The molecule has 0 heterocycles. The van der Waals surface area contributed by atoms with Crippen LogP contribution in [0.3, 0.4) is 0 Å². The first-order valence-corrected chi connectivity index (χ1v) is 8.81. The molecular formula is C19H30N3O4+. The monoisotopic (exact) mass is 364 g/mol. The van der Waals surface area contributed by atoms with Crippen LogP contribution in [-0.2, 0) is 19.1 Å². The van der Waals surface area contributed by atoms with Crippen LogP contribution in [0.25, 0.3) is 0 Å². The van der Waals surface area contributed by atoms with E-state index in [0.29, 0.717) is 0 Å². The van der Waals surface area contributed by atoms with Crippen molar-refractivity contribution in [1.82, 2.24) is 5.32 Å². The molecule has 2 amide bonds. The Labute approximate surface area is 155 Å². The Morgan fingerprint density at radius 2 is 1.69 bits per heavy atom. The molecule has 0 saturated carbocycles. The molecule has 0 spiro atoms. The van der Waals surface area contributed by atoms with Crippen molar-refractivity contribution in [3.05, 3.63) is 29.8 Å². The number of aryl methyl sites for hydroxylation is 1. The van der Waals surface area contributed by atoms with E-state index in [1.54, 1.807) is 7.05 Å². The number of esters is 1. The standard InChI is InChI=1S/C19H29N3O4/c1-6-14(3)18(19(25)26-5)21-17(24)12-22(4)11-16(23)20-15-9-7-13(2)8-10-15/h7-10,14,18H,6,11-12H2,1-5H3,(H,20,23)(H,21,24)/p+1/t14-,18+/m0/s1. The predicted molar refractivity (Wildman–Crippen MR) is 99.8 cm³/mol. The first-order valence-electron chi connectivity index (χ1n) is 8.81. The molecule has 26 heavy (non-hydrogen) atoms. The summed E-state index contributed by atoms with van der Waals surface area (Å²) < 4.78 is 4.76. The molecule has 0 aromatic heterocycles. The van der Waals surface area contributed by atoms with Gasteiger partial charge < -0.3 is 20.3 Å². The van der Waals surface area contributed by atoms with Crippen molar-refractivity contribution in [2.75, 3.05) is 32.6 Å². The summed E-state index contributed by atoms with van der Waals surface area (Å²) in [6.07, 6.45) is 0.738. The minimum Gasteiger partial charge on any atom is -0.467 e. The van der Waals surface area contributed by atoms with Gasteiger partial charge in [-0.25, -0.2) is 4.79 Å². The molecule has 1 aromatic rings. The fourth-order valence-corrected chi connectivity index (χ4v) is 2.47. The van der Waals surface area contributed by atoms with Gasteiger partial charge in [0.05, 0.1) is 14.2 Å². The normalized spacial score (nSPS) is 14.0. The van der Waals surface area contributed by atoms with E-state index >= 15 is 0 Å². The summed E-state index contributed by atoms with van der Waals surface area (Å²) in [6.45, 7) is 6.04. The lowest BCUT2D eigenvalue weighted by atomic mass is 9.99. The van der Waals surface area contributed by atoms with E-state index in [9.17, 15) is 14.4 Å². The zero-order valence-electron chi connectivity index (χ0n) is 16.2. The Kier molecular flexibility index (Phi) is 8.78. The summed E-state index contributed by atoms with van der Waals surface area (Å²) in [7, 11) is 3.06. The highest BCUT2D eigenvalue weighted by Gasteiger charge is 2.27. The van der Waals surface area contributed by atoms with Gasteiger partial charge in [0.1, 0.15) is 6.04 Å². The van der Waals surface area contributed by atoms with Crippen molar-refractivity contribution in [1.29, 1.82) is 0 Å². The highest BCUT2D eigenvalue weighted by Crippen LogP contribution is 2.09. The van der Waals surface area contributed by atoms with Crippen LogP contribution in [0.1, 0.15) is 25.8 Å². The van der Waals surface area contributed by atoms with Crippen LogP contribution in [-0.4, -0.2) is 51.1 Å². The second kappa shape index (κ2) is 10.6. The molecule has 1 rings (SSSR count). The van der Waals surface area contributed by atoms with Crippen LogP contribution in [0.15, 0.2) is 24.3 Å². The Balaban J connectivity index is 2.50. The van der Waals surface area contributed by atoms with Gasteiger partial charge in [-0.1, -0.05) is 38.0 Å². The summed E-state index contributed by atoms with van der Waals surface area (Å²) in [6, 6.07) is 6.83. The van der Waals surface area contributed by atoms with Gasteiger partial charge in [0.2, 0.25) is 0 Å². The first-order chi connectivity index (χ1) is 12.3. The third kappa shape index (κ3) is 7.23. The average Bonchev–Trinajstić information content (AvgIpc) is 2.60. The number of ether oxygens (including phenoxy) is 1. The second-order valence-corrected chi connectivity index (χ2v) is 6.68. The number of hydrogen-bond donors (Lipinski definition) is 3. The van der Waals surface area contributed by atoms with Gasteiger partial charge in [-0.2, -0.15) is 0 Å². The van der Waals surface area contributed by atoms with Gasteiger partial charge in [-0.3, -0.25) is 9.59 Å². The molecule has 3 atom stereocenters. The number of likely N-dealkylation sites (N-methyl/N-ethyl adjacent to an activating group) is 1. The maximum Gasteiger partial charge on any atom is 0.328 e. The van der Waals surface area contributed by atoms with Gasteiger partial charge in [0.15, 0.2) is 13.1 Å². The number of amides is 2. The number of benzene rings is 1. The maximum atomic E-state index is 12.2. The number of carbonyl (C=O) groups is 3. The highest BCUT2D eigenvalue weighted by molar-refractivity contribution is 5.91. The predicted octanol–water partition coefficient (Wildman–Crippen LogP) is 0.152. The van der Waals surface area contributed by atoms with E-state index in [4.69, 9.17) is 4.74 Å². The average molecular weight is 364 g/mol. The van der Waals surface area contributed by atoms with Crippen LogP contribution >= 0.6 is 0 Å². The topological polar surface area (TPSA) is 88.9 Å². The number of rotatable bonds is 9. The van der Waals surface area contributed by atoms with Gasteiger partial charge in [-0.05, 0) is 25.0 Å². The zero-order valence-corrected chi connectivity index (χ0v) is 16.2. The van der Waals surface area contributed by atoms with Crippen LogP contribution in [0.4, 0.5) is 5.69 Å². The molecule has 144 valence electrons. The molecule has 0 aliphatic rings. The zero-order chi connectivity index (χ0) is 19.7. The van der Waals surface area contributed by atoms with Gasteiger partial charge in [-0.15, -0.1) is 0 Å². The van der Waals surface area contributed by atoms with Crippen molar-refractivity contribution in [2.45, 2.75) is 33.2 Å². The van der Waals surface area contributed by atoms with Gasteiger partial charge >= 0.3 is 5.97 Å². The number of quaternary nitrogens is 1. The molecular weight excluding hydrogens is 334 g/mol. The van der Waals surface area contributed by atoms with Gasteiger partial charge in [0, 0.05) is 5.69 Å². The smallest absolute Gasteiger partial charge is 0.328 e. The van der Waals surface area contributed by atoms with Crippen molar-refractivity contribution in [3.8, 4) is 0 Å². The summed E-state index contributed by atoms with van der Waals surface area (Å²) in [5, 5.41) is 5.52. The number of hydrogen-bond acceptors (Lipinski definition) is 4. The molecule has 3 N–H and O–H groups in total. The Hall–Kier alpha value is -2.41. The first kappa shape index (κ1) is 21.6. The third-order valence-electron chi connectivity index (χ3n) is 4.24. The molecule has 7 nitrogen and oxygen atoms in total. The Bertz CT molecular complexity index is 616. The summed E-state index contributed by atoms with van der Waals surface area (Å²) in [5.74, 6) is -0.953. The summed E-state index contributed by atoms with van der Waals surface area (Å²) >= 11 is 0. The fraction of sp³-hybridized carbons (Fsp3) is 0.526. The van der Waals surface area contributed by atoms with E-state index in [1.807, 2.05) is 45.0 Å². The summed E-state index contributed by atoms with van der Waals surface area (Å²) in [5.41, 5.74) is 1.84. The quantitative estimate of drug-likeness (QED) is 0.544. The van der Waals surface area contributed by atoms with Crippen LogP contribution < -0.4 is 15.5 Å². The minimum absolute atomic E-state index is 0.0310. The van der Waals surface area contributed by atoms with Crippen LogP contribution in [0.2, 0.25) is 0 Å². The fourth-order valence-electron chi connectivity index (χ4n) is 2.47. The van der Waals surface area contributed by atoms with Crippen molar-refractivity contribution in [2.24, 2.45) is 5.92 Å². The lowest BCUT2D eigenvalue weighted by Gasteiger charge is -2.22. The van der Waals surface area contributed by atoms with E-state index in [0.717, 1.165) is 22.6 Å². The molecule has 0 aliphatic heterocycles. The van der Waals surface area contributed by atoms with Crippen molar-refractivity contribution >= 4 is 23.5 Å². The number of nitrogens with one attached hydrogen (secondary N) is 3. The Morgan fingerprint density at radius 1 is 1.12 bits per heavy atom. The van der Waals surface area contributed by atoms with Crippen molar-refractivity contribution in [3.63, 3.8) is 0 Å². The molecule has 0 bridgehead atoms. The number of anilines is 1. The van der Waals surface area contributed by atoms with Crippen LogP contribution in [0, 0.1) is 12.8 Å². The lowest BCUT2D eigenvalue weighted by molar-refractivity contribution is -0.862. The molecule has 0 saturated heterocycles. The summed E-state index contributed by atoms with van der Waals surface area (Å²) in [4.78, 5) is 36.8. The lowest BCUT2D eigenvalue weighted by Crippen LogP contribution is -3.11. The molecule has 0 aliphatic carbocycles. The maximum absolute atomic E-state index is 12.2. The van der Waals surface area contributed by atoms with E-state index in [-0.39, 0.29) is 30.8 Å². The SMILES string of the molecule is CC[C@H](C)[C@@H](NC(=O)C[NH+](C)CC(=O)Nc1ccc(C)cc1)C(=O)OC. The number of carbonyl (C=O) groups excluding carboxylic acids is 3. The van der Waals surface area contributed by atoms with E-state index < -0.39 is 12.0 Å². The second-order valence-electron chi connectivity index (χ2n) is 6.68. The molecule has 0 fully saturated rings. The third-order valence-corrected chi connectivity index (χ3v) is 4.24. The molecule has 1 unspecified atom stereocenters. The highest BCUT2D eigenvalue weighted by atomic mass is 16.5. The van der Waals surface area contributed by atoms with Gasteiger partial charge in [0.25, 0.3) is 11.8 Å². The van der Waals surface area contributed by atoms with E-state index in [2.05, 4.69) is 10.6 Å². The molecule has 7 heteroatoms. The number of methoxy groups -OCH3 is 1. The molecule has 1 aromatic carbocycles.